The van der Waals surface area contributed by atoms with Crippen molar-refractivity contribution >= 4 is 71.6 Å². The van der Waals surface area contributed by atoms with Crippen molar-refractivity contribution in [3.05, 3.63) is 255 Å². The van der Waals surface area contributed by atoms with Crippen molar-refractivity contribution in [2.45, 2.75) is 0 Å². The minimum Gasteiger partial charge on any atom is -0.455 e. The Labute approximate surface area is 388 Å². The number of furan rings is 1. The summed E-state index contributed by atoms with van der Waals surface area (Å²) >= 11 is 0. The SMILES string of the molecule is c1ccc(-c2cccc(-c3ccc(N(c4ccc(-c5cccc(-n6c7ccccc7c7ccccc76)c5)cc4)c4cccc(-c5cccc6oc7c8ccccc8ccc7c56)c4)cc3)c2)cc1. The molecule has 0 aliphatic carbocycles. The fraction of sp³-hybridized carbons (Fsp3) is 0. The van der Waals surface area contributed by atoms with E-state index in [0.29, 0.717) is 0 Å². The van der Waals surface area contributed by atoms with Crippen molar-refractivity contribution in [3.63, 3.8) is 0 Å². The normalized spacial score (nSPS) is 11.6. The lowest BCUT2D eigenvalue weighted by atomic mass is 9.97. The van der Waals surface area contributed by atoms with E-state index in [1.165, 1.54) is 49.4 Å². The van der Waals surface area contributed by atoms with Crippen molar-refractivity contribution < 1.29 is 4.42 Å². The summed E-state index contributed by atoms with van der Waals surface area (Å²) in [6, 6.07) is 91.8. The zero-order valence-corrected chi connectivity index (χ0v) is 36.6. The van der Waals surface area contributed by atoms with Crippen LogP contribution in [-0.4, -0.2) is 4.57 Å². The Kier molecular flexibility index (Phi) is 9.17. The number of benzene rings is 11. The molecule has 0 aliphatic rings. The Hall–Kier alpha value is -8.92. The average molecular weight is 855 g/mol. The molecule has 0 spiro atoms. The molecule has 3 nitrogen and oxygen atoms in total. The Balaban J connectivity index is 0.911. The van der Waals surface area contributed by atoms with Crippen molar-refractivity contribution in [1.29, 1.82) is 0 Å². The Bertz CT molecular complexity index is 3920. The summed E-state index contributed by atoms with van der Waals surface area (Å²) in [5, 5.41) is 7.06. The van der Waals surface area contributed by atoms with E-state index in [2.05, 4.69) is 264 Å². The first-order chi connectivity index (χ1) is 33.2. The van der Waals surface area contributed by atoms with Crippen LogP contribution in [0.4, 0.5) is 17.1 Å². The average Bonchev–Trinajstić information content (AvgIpc) is 3.96. The van der Waals surface area contributed by atoms with Gasteiger partial charge in [-0.05, 0) is 129 Å². The monoisotopic (exact) mass is 854 g/mol. The Morgan fingerprint density at radius 3 is 1.55 bits per heavy atom. The van der Waals surface area contributed by atoms with E-state index in [-0.39, 0.29) is 0 Å². The molecule has 13 aromatic rings. The van der Waals surface area contributed by atoms with E-state index < -0.39 is 0 Å². The van der Waals surface area contributed by atoms with Crippen LogP contribution in [0.2, 0.25) is 0 Å². The first-order valence-electron chi connectivity index (χ1n) is 22.9. The molecule has 67 heavy (non-hydrogen) atoms. The number of para-hydroxylation sites is 2. The van der Waals surface area contributed by atoms with Gasteiger partial charge in [0.05, 0.1) is 11.0 Å². The molecule has 314 valence electrons. The number of fused-ring (bicyclic) bond motifs is 8. The molecule has 0 saturated heterocycles. The van der Waals surface area contributed by atoms with E-state index in [1.807, 2.05) is 0 Å². The molecule has 0 bridgehead atoms. The lowest BCUT2D eigenvalue weighted by Gasteiger charge is -2.26. The zero-order valence-electron chi connectivity index (χ0n) is 36.6. The molecule has 11 aromatic carbocycles. The highest BCUT2D eigenvalue weighted by atomic mass is 16.3. The van der Waals surface area contributed by atoms with Gasteiger partial charge in [0.2, 0.25) is 0 Å². The molecule has 0 radical (unpaired) electrons. The van der Waals surface area contributed by atoms with Gasteiger partial charge in [-0.2, -0.15) is 0 Å². The molecule has 2 heterocycles. The predicted octanol–water partition coefficient (Wildman–Crippen LogP) is 18.0. The maximum absolute atomic E-state index is 6.63. The van der Waals surface area contributed by atoms with Crippen LogP contribution in [0.1, 0.15) is 0 Å². The number of rotatable bonds is 8. The van der Waals surface area contributed by atoms with Crippen LogP contribution < -0.4 is 4.90 Å². The number of nitrogens with zero attached hydrogens (tertiary/aromatic N) is 2. The number of aromatic nitrogens is 1. The molecule has 0 N–H and O–H groups in total. The van der Waals surface area contributed by atoms with Gasteiger partial charge in [0.15, 0.2) is 0 Å². The zero-order chi connectivity index (χ0) is 44.3. The van der Waals surface area contributed by atoms with E-state index in [1.54, 1.807) is 0 Å². The summed E-state index contributed by atoms with van der Waals surface area (Å²) in [5.41, 5.74) is 17.9. The summed E-state index contributed by atoms with van der Waals surface area (Å²) in [6.45, 7) is 0. The van der Waals surface area contributed by atoms with Crippen molar-refractivity contribution in [3.8, 4) is 50.2 Å². The van der Waals surface area contributed by atoms with Gasteiger partial charge in [-0.1, -0.05) is 176 Å². The number of hydrogen-bond acceptors (Lipinski definition) is 2. The van der Waals surface area contributed by atoms with E-state index >= 15 is 0 Å². The number of hydrogen-bond donors (Lipinski definition) is 0. The van der Waals surface area contributed by atoms with Gasteiger partial charge in [0, 0.05) is 49.7 Å². The third-order valence-electron chi connectivity index (χ3n) is 13.4. The summed E-state index contributed by atoms with van der Waals surface area (Å²) in [4.78, 5) is 2.37. The highest BCUT2D eigenvalue weighted by Gasteiger charge is 2.19. The molecule has 0 aliphatic heterocycles. The van der Waals surface area contributed by atoms with Gasteiger partial charge in [-0.25, -0.2) is 0 Å². The van der Waals surface area contributed by atoms with Crippen LogP contribution in [0.5, 0.6) is 0 Å². The van der Waals surface area contributed by atoms with Crippen molar-refractivity contribution in [1.82, 2.24) is 4.57 Å². The van der Waals surface area contributed by atoms with Crippen LogP contribution >= 0.6 is 0 Å². The van der Waals surface area contributed by atoms with E-state index in [4.69, 9.17) is 4.42 Å². The lowest BCUT2D eigenvalue weighted by Crippen LogP contribution is -2.10. The third-order valence-corrected chi connectivity index (χ3v) is 13.4. The van der Waals surface area contributed by atoms with Crippen LogP contribution in [-0.2, 0) is 0 Å². The van der Waals surface area contributed by atoms with Gasteiger partial charge in [0.25, 0.3) is 0 Å². The van der Waals surface area contributed by atoms with Gasteiger partial charge in [0.1, 0.15) is 11.2 Å². The summed E-state index contributed by atoms with van der Waals surface area (Å²) in [6.07, 6.45) is 0. The van der Waals surface area contributed by atoms with Gasteiger partial charge < -0.3 is 13.9 Å². The molecule has 3 heteroatoms. The molecule has 13 rings (SSSR count). The maximum Gasteiger partial charge on any atom is 0.143 e. The van der Waals surface area contributed by atoms with Crippen LogP contribution in [0.15, 0.2) is 259 Å². The summed E-state index contributed by atoms with van der Waals surface area (Å²) in [5.74, 6) is 0. The van der Waals surface area contributed by atoms with Crippen molar-refractivity contribution in [2.24, 2.45) is 0 Å². The molecule has 0 unspecified atom stereocenters. The van der Waals surface area contributed by atoms with Crippen LogP contribution in [0, 0.1) is 0 Å². The smallest absolute Gasteiger partial charge is 0.143 e. The standard InChI is InChI=1S/C64H42N2O/c1-2-14-43(15-3-1)47-17-10-18-48(40-47)44-30-35-51(36-31-44)65(53-21-12-20-50(42-53)55-26-13-29-62-63(55)59-39-34-46-16-4-5-23-56(46)64(59)67-62)52-37-32-45(33-38-52)49-19-11-22-54(41-49)66-60-27-8-6-24-57(60)58-25-7-9-28-61(58)66/h1-42H. The summed E-state index contributed by atoms with van der Waals surface area (Å²) < 4.78 is 9.01. The molecule has 0 fully saturated rings. The largest absolute Gasteiger partial charge is 0.455 e. The second-order valence-electron chi connectivity index (χ2n) is 17.3. The fourth-order valence-electron chi connectivity index (χ4n) is 10.2. The van der Waals surface area contributed by atoms with Crippen LogP contribution in [0.25, 0.3) is 105 Å². The molecule has 0 saturated carbocycles. The highest BCUT2D eigenvalue weighted by molar-refractivity contribution is 6.19. The third kappa shape index (κ3) is 6.67. The Morgan fingerprint density at radius 2 is 0.851 bits per heavy atom. The van der Waals surface area contributed by atoms with Gasteiger partial charge >= 0.3 is 0 Å². The fourth-order valence-corrected chi connectivity index (χ4v) is 10.2. The predicted molar refractivity (Wildman–Crippen MR) is 282 cm³/mol. The molecule has 2 aromatic heterocycles. The molecule has 0 atom stereocenters. The minimum atomic E-state index is 0.885. The first-order valence-corrected chi connectivity index (χ1v) is 22.9. The second-order valence-corrected chi connectivity index (χ2v) is 17.3. The minimum absolute atomic E-state index is 0.885. The van der Waals surface area contributed by atoms with E-state index in [9.17, 15) is 0 Å². The lowest BCUT2D eigenvalue weighted by molar-refractivity contribution is 0.673. The number of anilines is 3. The topological polar surface area (TPSA) is 21.3 Å². The van der Waals surface area contributed by atoms with Crippen LogP contribution in [0.3, 0.4) is 0 Å². The molecular formula is C64H42N2O. The Morgan fingerprint density at radius 1 is 0.313 bits per heavy atom. The van der Waals surface area contributed by atoms with Gasteiger partial charge in [-0.15, -0.1) is 0 Å². The quantitative estimate of drug-likeness (QED) is 0.152. The highest BCUT2D eigenvalue weighted by Crippen LogP contribution is 2.43. The first kappa shape index (κ1) is 38.5. The second kappa shape index (κ2) is 16.0. The molecule has 0 amide bonds. The van der Waals surface area contributed by atoms with Crippen molar-refractivity contribution in [2.75, 3.05) is 4.90 Å². The maximum atomic E-state index is 6.63. The van der Waals surface area contributed by atoms with E-state index in [0.717, 1.165) is 72.3 Å². The molecular weight excluding hydrogens is 813 g/mol. The van der Waals surface area contributed by atoms with Gasteiger partial charge in [-0.3, -0.25) is 0 Å². The summed E-state index contributed by atoms with van der Waals surface area (Å²) in [7, 11) is 0.